The van der Waals surface area contributed by atoms with Gasteiger partial charge < -0.3 is 0 Å². The highest BCUT2D eigenvalue weighted by atomic mass is 16.1. The number of rotatable bonds is 2. The Kier molecular flexibility index (Phi) is 2.59. The fourth-order valence-corrected chi connectivity index (χ4v) is 1.46. The van der Waals surface area contributed by atoms with Gasteiger partial charge in [-0.05, 0) is 22.9 Å². The largest absolute Gasteiger partial charge is 0.372 e. The zero-order chi connectivity index (χ0) is 10.7. The van der Waals surface area contributed by atoms with Crippen molar-refractivity contribution in [1.82, 2.24) is 0 Å². The van der Waals surface area contributed by atoms with E-state index in [0.29, 0.717) is 0 Å². The molecule has 0 radical (unpaired) electrons. The molecule has 0 heterocycles. The summed E-state index contributed by atoms with van der Waals surface area (Å²) in [5, 5.41) is 5.00. The molecule has 2 aromatic rings. The van der Waals surface area contributed by atoms with Crippen molar-refractivity contribution in [2.24, 2.45) is 0 Å². The van der Waals surface area contributed by atoms with Crippen LogP contribution in [0.1, 0.15) is 0 Å². The Balaban J connectivity index is 2.34. The first-order chi connectivity index (χ1) is 7.29. The molecule has 0 atom stereocenters. The average Bonchev–Trinajstić information content (AvgIpc) is 2.29. The summed E-state index contributed by atoms with van der Waals surface area (Å²) in [5.74, 6) is -0.190. The average molecular weight is 197 g/mol. The number of amides is 1. The van der Waals surface area contributed by atoms with Gasteiger partial charge >= 0.3 is 5.91 Å². The minimum atomic E-state index is -0.190. The van der Waals surface area contributed by atoms with Crippen LogP contribution in [0.2, 0.25) is 0 Å². The van der Waals surface area contributed by atoms with Crippen molar-refractivity contribution in [3.05, 3.63) is 55.8 Å². The van der Waals surface area contributed by atoms with Gasteiger partial charge in [0.15, 0.2) is 0 Å². The first-order valence-electron chi connectivity index (χ1n) is 4.72. The maximum absolute atomic E-state index is 11.1. The molecular weight excluding hydrogens is 186 g/mol. The Labute approximate surface area is 88.9 Å². The Bertz CT molecular complexity index is 491. The van der Waals surface area contributed by atoms with E-state index < -0.39 is 0 Å². The van der Waals surface area contributed by atoms with Gasteiger partial charge in [0, 0.05) is 12.1 Å². The van der Waals surface area contributed by atoms with Gasteiger partial charge in [0.2, 0.25) is 0 Å². The summed E-state index contributed by atoms with van der Waals surface area (Å²) < 4.78 is 0. The smallest absolute Gasteiger partial charge is 0.288 e. The van der Waals surface area contributed by atoms with Gasteiger partial charge in [-0.2, -0.15) is 0 Å². The number of hydrogen-bond donors (Lipinski definition) is 1. The normalized spacial score (nSPS) is 9.93. The fourth-order valence-electron chi connectivity index (χ4n) is 1.46. The first-order valence-corrected chi connectivity index (χ1v) is 4.72. The third-order valence-corrected chi connectivity index (χ3v) is 2.20. The SMILES string of the molecule is [CH2-][CH+]C(=O)Nc1ccc2ccccc2c1. The summed E-state index contributed by atoms with van der Waals surface area (Å²) in [6.07, 6.45) is 1.26. The standard InChI is InChI=1S/C13H11NO/c1-2-13(15)14-12-8-7-10-5-3-4-6-11(10)9-12/h2-9H,1H2,(H,14,15). The summed E-state index contributed by atoms with van der Waals surface area (Å²) in [6, 6.07) is 13.8. The molecule has 0 saturated carbocycles. The van der Waals surface area contributed by atoms with Crippen LogP contribution in [-0.2, 0) is 4.79 Å². The maximum Gasteiger partial charge on any atom is 0.372 e. The molecule has 0 aliphatic heterocycles. The topological polar surface area (TPSA) is 29.1 Å². The second kappa shape index (κ2) is 4.05. The van der Waals surface area contributed by atoms with Crippen LogP contribution >= 0.6 is 0 Å². The van der Waals surface area contributed by atoms with Crippen LogP contribution in [0, 0.1) is 13.3 Å². The highest BCUT2D eigenvalue weighted by Crippen LogP contribution is 2.18. The molecule has 0 aliphatic rings. The molecule has 0 saturated heterocycles. The molecule has 0 bridgehead atoms. The number of nitrogens with one attached hydrogen (secondary N) is 1. The van der Waals surface area contributed by atoms with Crippen LogP contribution < -0.4 is 5.32 Å². The first kappa shape index (κ1) is 9.59. The van der Waals surface area contributed by atoms with E-state index in [4.69, 9.17) is 0 Å². The van der Waals surface area contributed by atoms with Crippen LogP contribution in [0.5, 0.6) is 0 Å². The maximum atomic E-state index is 11.1. The number of anilines is 1. The zero-order valence-corrected chi connectivity index (χ0v) is 8.23. The molecule has 15 heavy (non-hydrogen) atoms. The van der Waals surface area contributed by atoms with E-state index >= 15 is 0 Å². The van der Waals surface area contributed by atoms with E-state index in [0.717, 1.165) is 16.5 Å². The molecular formula is C13H11NO. The van der Waals surface area contributed by atoms with Gasteiger partial charge in [0.1, 0.15) is 0 Å². The quantitative estimate of drug-likeness (QED) is 0.737. The highest BCUT2D eigenvalue weighted by molar-refractivity contribution is 5.99. The predicted molar refractivity (Wildman–Crippen MR) is 62.2 cm³/mol. The van der Waals surface area contributed by atoms with Gasteiger partial charge in [0.05, 0.1) is 0 Å². The Morgan fingerprint density at radius 2 is 1.87 bits per heavy atom. The molecule has 1 N–H and O–H groups in total. The molecule has 74 valence electrons. The Morgan fingerprint density at radius 3 is 2.60 bits per heavy atom. The number of hydrogen-bond acceptors (Lipinski definition) is 1. The number of fused-ring (bicyclic) bond motifs is 1. The monoisotopic (exact) mass is 197 g/mol. The minimum absolute atomic E-state index is 0.190. The zero-order valence-electron chi connectivity index (χ0n) is 8.23. The van der Waals surface area contributed by atoms with Crippen molar-refractivity contribution in [1.29, 1.82) is 0 Å². The molecule has 0 aliphatic carbocycles. The van der Waals surface area contributed by atoms with E-state index in [1.807, 2.05) is 42.5 Å². The van der Waals surface area contributed by atoms with E-state index in [9.17, 15) is 4.79 Å². The van der Waals surface area contributed by atoms with Crippen molar-refractivity contribution in [2.75, 3.05) is 5.32 Å². The molecule has 2 nitrogen and oxygen atoms in total. The number of carbonyl (C=O) groups is 1. The second-order valence-corrected chi connectivity index (χ2v) is 3.26. The molecule has 1 amide bonds. The summed E-state index contributed by atoms with van der Waals surface area (Å²) in [4.78, 5) is 11.1. The Morgan fingerprint density at radius 1 is 1.13 bits per heavy atom. The molecule has 2 rings (SSSR count). The van der Waals surface area contributed by atoms with E-state index in [1.54, 1.807) is 0 Å². The van der Waals surface area contributed by atoms with Crippen molar-refractivity contribution >= 4 is 22.4 Å². The van der Waals surface area contributed by atoms with Crippen LogP contribution in [0.15, 0.2) is 42.5 Å². The summed E-state index contributed by atoms with van der Waals surface area (Å²) in [7, 11) is 0. The minimum Gasteiger partial charge on any atom is -0.288 e. The third-order valence-electron chi connectivity index (χ3n) is 2.20. The summed E-state index contributed by atoms with van der Waals surface area (Å²) >= 11 is 0. The van der Waals surface area contributed by atoms with Crippen LogP contribution in [-0.4, -0.2) is 5.91 Å². The molecule has 2 heteroatoms. The highest BCUT2D eigenvalue weighted by Gasteiger charge is 2.03. The number of benzene rings is 2. The fraction of sp³-hybridized carbons (Fsp3) is 0. The van der Waals surface area contributed by atoms with E-state index in [1.165, 1.54) is 6.42 Å². The van der Waals surface area contributed by atoms with E-state index in [-0.39, 0.29) is 5.91 Å². The lowest BCUT2D eigenvalue weighted by atomic mass is 10.1. The van der Waals surface area contributed by atoms with Gasteiger partial charge in [0.25, 0.3) is 0 Å². The number of carbonyl (C=O) groups excluding carboxylic acids is 1. The van der Waals surface area contributed by atoms with Crippen LogP contribution in [0.4, 0.5) is 5.69 Å². The van der Waals surface area contributed by atoms with Crippen LogP contribution in [0.25, 0.3) is 10.8 Å². The Hall–Kier alpha value is -1.96. The lowest BCUT2D eigenvalue weighted by Crippen LogP contribution is -2.09. The van der Waals surface area contributed by atoms with Gasteiger partial charge in [-0.1, -0.05) is 30.3 Å². The lowest BCUT2D eigenvalue weighted by Gasteiger charge is -2.02. The molecule has 0 unspecified atom stereocenters. The second-order valence-electron chi connectivity index (χ2n) is 3.26. The van der Waals surface area contributed by atoms with E-state index in [2.05, 4.69) is 12.2 Å². The lowest BCUT2D eigenvalue weighted by molar-refractivity contribution is -0.112. The molecule has 0 spiro atoms. The predicted octanol–water partition coefficient (Wildman–Crippen LogP) is 2.82. The van der Waals surface area contributed by atoms with Crippen molar-refractivity contribution in [3.63, 3.8) is 0 Å². The molecule has 2 aromatic carbocycles. The van der Waals surface area contributed by atoms with Crippen molar-refractivity contribution < 1.29 is 4.79 Å². The van der Waals surface area contributed by atoms with Gasteiger partial charge in [-0.3, -0.25) is 5.32 Å². The third kappa shape index (κ3) is 2.10. The van der Waals surface area contributed by atoms with Crippen LogP contribution in [0.3, 0.4) is 0 Å². The van der Waals surface area contributed by atoms with Gasteiger partial charge in [-0.25, -0.2) is 4.79 Å². The van der Waals surface area contributed by atoms with Crippen molar-refractivity contribution in [2.45, 2.75) is 0 Å². The summed E-state index contributed by atoms with van der Waals surface area (Å²) in [5.41, 5.74) is 0.790. The summed E-state index contributed by atoms with van der Waals surface area (Å²) in [6.45, 7) is 3.41. The van der Waals surface area contributed by atoms with Gasteiger partial charge in [-0.15, -0.1) is 6.92 Å². The molecule has 0 fully saturated rings. The molecule has 0 aromatic heterocycles. The van der Waals surface area contributed by atoms with Crippen molar-refractivity contribution in [3.8, 4) is 0 Å².